The molecule has 8 heteroatoms. The maximum Gasteiger partial charge on any atom is 0.272 e. The molecule has 0 unspecified atom stereocenters. The van der Waals surface area contributed by atoms with E-state index in [1.165, 1.54) is 12.1 Å². The predicted octanol–water partition coefficient (Wildman–Crippen LogP) is 2.88. The Morgan fingerprint density at radius 2 is 1.97 bits per heavy atom. The molecule has 3 aromatic rings. The van der Waals surface area contributed by atoms with E-state index in [0.717, 1.165) is 55.2 Å². The molecule has 7 nitrogen and oxygen atoms in total. The summed E-state index contributed by atoms with van der Waals surface area (Å²) < 4.78 is 13.5. The normalized spacial score (nSPS) is 14.7. The van der Waals surface area contributed by atoms with Crippen LogP contribution < -0.4 is 11.1 Å². The quantitative estimate of drug-likeness (QED) is 0.471. The van der Waals surface area contributed by atoms with Gasteiger partial charge in [-0.2, -0.15) is 0 Å². The molecule has 1 saturated heterocycles. The van der Waals surface area contributed by atoms with Crippen molar-refractivity contribution in [3.8, 4) is 0 Å². The van der Waals surface area contributed by atoms with Crippen LogP contribution in [0.25, 0.3) is 10.9 Å². The number of hydrogen-bond acceptors (Lipinski definition) is 4. The van der Waals surface area contributed by atoms with Crippen LogP contribution in [0.1, 0.15) is 45.8 Å². The number of aromatic nitrogens is 2. The van der Waals surface area contributed by atoms with Crippen molar-refractivity contribution in [3.63, 3.8) is 0 Å². The van der Waals surface area contributed by atoms with Crippen LogP contribution in [0.3, 0.4) is 0 Å². The Morgan fingerprint density at radius 1 is 1.19 bits per heavy atom. The highest BCUT2D eigenvalue weighted by Gasteiger charge is 2.24. The minimum absolute atomic E-state index is 0.104. The SMILES string of the molecule is NC(=O)c1cccc(C(=O)N2CCC(CNCCCc3c[nH]c4ccc(F)cc34)CC2)n1. The van der Waals surface area contributed by atoms with Crippen molar-refractivity contribution in [2.24, 2.45) is 11.7 Å². The van der Waals surface area contributed by atoms with E-state index < -0.39 is 5.91 Å². The summed E-state index contributed by atoms with van der Waals surface area (Å²) in [7, 11) is 0. The maximum atomic E-state index is 13.5. The van der Waals surface area contributed by atoms with Crippen molar-refractivity contribution in [3.05, 3.63) is 65.4 Å². The lowest BCUT2D eigenvalue weighted by atomic mass is 9.96. The van der Waals surface area contributed by atoms with E-state index in [0.29, 0.717) is 19.0 Å². The molecule has 1 aliphatic rings. The molecule has 1 aromatic carbocycles. The second-order valence-corrected chi connectivity index (χ2v) is 8.32. The van der Waals surface area contributed by atoms with Crippen LogP contribution in [0.4, 0.5) is 4.39 Å². The Bertz CT molecular complexity index is 1100. The fourth-order valence-corrected chi connectivity index (χ4v) is 4.26. The lowest BCUT2D eigenvalue weighted by Gasteiger charge is -2.32. The van der Waals surface area contributed by atoms with E-state index >= 15 is 0 Å². The first-order valence-electron chi connectivity index (χ1n) is 11.0. The van der Waals surface area contributed by atoms with Crippen LogP contribution in [-0.2, 0) is 6.42 Å². The van der Waals surface area contributed by atoms with Gasteiger partial charge in [-0.1, -0.05) is 6.07 Å². The van der Waals surface area contributed by atoms with Gasteiger partial charge in [0, 0.05) is 30.2 Å². The third kappa shape index (κ3) is 5.13. The zero-order valence-corrected chi connectivity index (χ0v) is 17.9. The van der Waals surface area contributed by atoms with Gasteiger partial charge in [-0.05, 0) is 80.6 Å². The van der Waals surface area contributed by atoms with Crippen LogP contribution in [0.2, 0.25) is 0 Å². The Kier molecular flexibility index (Phi) is 6.80. The average Bonchev–Trinajstić information content (AvgIpc) is 3.21. The Hall–Kier alpha value is -3.26. The topological polar surface area (TPSA) is 104 Å². The van der Waals surface area contributed by atoms with E-state index in [1.54, 1.807) is 29.2 Å². The first-order valence-corrected chi connectivity index (χ1v) is 11.0. The van der Waals surface area contributed by atoms with Gasteiger partial charge < -0.3 is 20.9 Å². The van der Waals surface area contributed by atoms with E-state index in [-0.39, 0.29) is 23.1 Å². The number of fused-ring (bicyclic) bond motifs is 1. The minimum atomic E-state index is -0.638. The molecular formula is C24H28FN5O2. The monoisotopic (exact) mass is 437 g/mol. The van der Waals surface area contributed by atoms with Gasteiger partial charge in [-0.3, -0.25) is 9.59 Å². The number of H-pyrrole nitrogens is 1. The van der Waals surface area contributed by atoms with Crippen LogP contribution >= 0.6 is 0 Å². The van der Waals surface area contributed by atoms with Crippen molar-refractivity contribution in [2.45, 2.75) is 25.7 Å². The number of aromatic amines is 1. The molecule has 32 heavy (non-hydrogen) atoms. The highest BCUT2D eigenvalue weighted by Crippen LogP contribution is 2.21. The van der Waals surface area contributed by atoms with Crippen LogP contribution in [0.5, 0.6) is 0 Å². The lowest BCUT2D eigenvalue weighted by Crippen LogP contribution is -2.41. The molecular weight excluding hydrogens is 409 g/mol. The lowest BCUT2D eigenvalue weighted by molar-refractivity contribution is 0.0684. The number of pyridine rings is 1. The van der Waals surface area contributed by atoms with E-state index in [1.807, 2.05) is 6.20 Å². The van der Waals surface area contributed by atoms with Crippen LogP contribution in [0.15, 0.2) is 42.6 Å². The number of nitrogens with zero attached hydrogens (tertiary/aromatic N) is 2. The highest BCUT2D eigenvalue weighted by molar-refractivity contribution is 5.95. The first kappa shape index (κ1) is 22.0. The molecule has 2 amide bonds. The number of likely N-dealkylation sites (tertiary alicyclic amines) is 1. The van der Waals surface area contributed by atoms with Gasteiger partial charge >= 0.3 is 0 Å². The fourth-order valence-electron chi connectivity index (χ4n) is 4.26. The number of carbonyl (C=O) groups excluding carboxylic acids is 2. The predicted molar refractivity (Wildman–Crippen MR) is 121 cm³/mol. The van der Waals surface area contributed by atoms with Gasteiger partial charge in [-0.25, -0.2) is 9.37 Å². The third-order valence-electron chi connectivity index (χ3n) is 6.08. The molecule has 0 aliphatic carbocycles. The Labute approximate surface area is 186 Å². The molecule has 0 spiro atoms. The second kappa shape index (κ2) is 9.91. The number of amides is 2. The van der Waals surface area contributed by atoms with Gasteiger partial charge in [0.1, 0.15) is 17.2 Å². The molecule has 168 valence electrons. The number of carbonyl (C=O) groups is 2. The van der Waals surface area contributed by atoms with E-state index in [2.05, 4.69) is 15.3 Å². The standard InChI is InChI=1S/C24H28FN5O2/c25-18-6-7-20-19(13-18)17(15-28-20)3-2-10-27-14-16-8-11-30(12-9-16)24(32)22-5-1-4-21(29-22)23(26)31/h1,4-7,13,15-16,27-28H,2-3,8-12,14H2,(H2,26,31). The van der Waals surface area contributed by atoms with E-state index in [4.69, 9.17) is 5.73 Å². The molecule has 4 N–H and O–H groups in total. The van der Waals surface area contributed by atoms with Crippen molar-refractivity contribution >= 4 is 22.7 Å². The summed E-state index contributed by atoms with van der Waals surface area (Å²) in [6.07, 6.45) is 5.68. The van der Waals surface area contributed by atoms with Crippen molar-refractivity contribution in [2.75, 3.05) is 26.2 Å². The fraction of sp³-hybridized carbons (Fsp3) is 0.375. The molecule has 0 bridgehead atoms. The zero-order chi connectivity index (χ0) is 22.5. The van der Waals surface area contributed by atoms with Gasteiger partial charge in [0.15, 0.2) is 0 Å². The van der Waals surface area contributed by atoms with Crippen molar-refractivity contribution in [1.29, 1.82) is 0 Å². The average molecular weight is 438 g/mol. The number of hydrogen-bond donors (Lipinski definition) is 3. The molecule has 1 aliphatic heterocycles. The zero-order valence-electron chi connectivity index (χ0n) is 17.9. The summed E-state index contributed by atoms with van der Waals surface area (Å²) in [6.45, 7) is 3.16. The molecule has 0 atom stereocenters. The largest absolute Gasteiger partial charge is 0.364 e. The highest BCUT2D eigenvalue weighted by atomic mass is 19.1. The number of nitrogens with two attached hydrogens (primary N) is 1. The molecule has 1 fully saturated rings. The van der Waals surface area contributed by atoms with Gasteiger partial charge in [0.05, 0.1) is 0 Å². The van der Waals surface area contributed by atoms with Gasteiger partial charge in [0.25, 0.3) is 11.8 Å². The number of nitrogens with one attached hydrogen (secondary N) is 2. The van der Waals surface area contributed by atoms with Crippen molar-refractivity contribution in [1.82, 2.24) is 20.2 Å². The second-order valence-electron chi connectivity index (χ2n) is 8.32. The van der Waals surface area contributed by atoms with E-state index in [9.17, 15) is 14.0 Å². The molecule has 2 aromatic heterocycles. The minimum Gasteiger partial charge on any atom is -0.364 e. The summed E-state index contributed by atoms with van der Waals surface area (Å²) in [5, 5.41) is 4.48. The molecule has 3 heterocycles. The molecule has 0 saturated carbocycles. The summed E-state index contributed by atoms with van der Waals surface area (Å²) in [5.74, 6) is -0.486. The summed E-state index contributed by atoms with van der Waals surface area (Å²) >= 11 is 0. The smallest absolute Gasteiger partial charge is 0.272 e. The third-order valence-corrected chi connectivity index (χ3v) is 6.08. The van der Waals surface area contributed by atoms with Crippen LogP contribution in [-0.4, -0.2) is 52.9 Å². The first-order chi connectivity index (χ1) is 15.5. The molecule has 4 rings (SSSR count). The van der Waals surface area contributed by atoms with Crippen molar-refractivity contribution < 1.29 is 14.0 Å². The van der Waals surface area contributed by atoms with Crippen LogP contribution in [0, 0.1) is 11.7 Å². The summed E-state index contributed by atoms with van der Waals surface area (Å²) in [5.41, 5.74) is 7.72. The number of halogens is 1. The Morgan fingerprint density at radius 3 is 2.75 bits per heavy atom. The number of piperidine rings is 1. The number of rotatable bonds is 8. The number of primary amides is 1. The molecule has 0 radical (unpaired) electrons. The van der Waals surface area contributed by atoms with Gasteiger partial charge in [0.2, 0.25) is 0 Å². The number of benzene rings is 1. The maximum absolute atomic E-state index is 13.5. The number of aryl methyl sites for hydroxylation is 1. The van der Waals surface area contributed by atoms with Gasteiger partial charge in [-0.15, -0.1) is 0 Å². The Balaban J connectivity index is 1.18. The summed E-state index contributed by atoms with van der Waals surface area (Å²) in [6, 6.07) is 9.58. The summed E-state index contributed by atoms with van der Waals surface area (Å²) in [4.78, 5) is 33.0.